The largest absolute Gasteiger partial charge is 0.391 e. The summed E-state index contributed by atoms with van der Waals surface area (Å²) in [6.45, 7) is 16.4. The zero-order valence-electron chi connectivity index (χ0n) is 16.1. The third-order valence-corrected chi connectivity index (χ3v) is 3.74. The molecule has 0 bridgehead atoms. The highest BCUT2D eigenvalue weighted by Gasteiger charge is 2.13. The Bertz CT molecular complexity index is 518. The SMILES string of the molecule is C=CCCC(NCc1ccc(CN)c(F)c1C)C(=C)NC.C=O.CC. The maximum Gasteiger partial charge on any atom is 0.130 e. The van der Waals surface area contributed by atoms with E-state index in [0.29, 0.717) is 17.7 Å². The van der Waals surface area contributed by atoms with Gasteiger partial charge in [0, 0.05) is 37.4 Å². The first kappa shape index (κ1) is 25.3. The van der Waals surface area contributed by atoms with E-state index in [1.54, 1.807) is 13.0 Å². The molecule has 0 saturated heterocycles. The summed E-state index contributed by atoms with van der Waals surface area (Å²) < 4.78 is 14.1. The molecule has 0 saturated carbocycles. The summed E-state index contributed by atoms with van der Waals surface area (Å²) in [5.74, 6) is -0.202. The number of allylic oxidation sites excluding steroid dienone is 1. The first-order valence-electron chi connectivity index (χ1n) is 8.51. The number of hydrogen-bond acceptors (Lipinski definition) is 4. The Morgan fingerprint density at radius 2 is 1.88 bits per heavy atom. The highest BCUT2D eigenvalue weighted by atomic mass is 19.1. The van der Waals surface area contributed by atoms with Gasteiger partial charge in [-0.1, -0.05) is 38.6 Å². The molecule has 0 fully saturated rings. The van der Waals surface area contributed by atoms with Gasteiger partial charge in [0.05, 0.1) is 0 Å². The molecule has 1 atom stereocenters. The molecule has 0 aliphatic rings. The molecule has 0 amide bonds. The number of benzene rings is 1. The van der Waals surface area contributed by atoms with Crippen LogP contribution in [0, 0.1) is 12.7 Å². The highest BCUT2D eigenvalue weighted by Crippen LogP contribution is 2.17. The Balaban J connectivity index is 0. The fraction of sp³-hybridized carbons (Fsp3) is 0.450. The van der Waals surface area contributed by atoms with Crippen molar-refractivity contribution < 1.29 is 9.18 Å². The Labute approximate surface area is 152 Å². The maximum absolute atomic E-state index is 14.1. The molecule has 25 heavy (non-hydrogen) atoms. The van der Waals surface area contributed by atoms with Gasteiger partial charge in [-0.15, -0.1) is 6.58 Å². The van der Waals surface area contributed by atoms with Crippen molar-refractivity contribution in [2.75, 3.05) is 7.05 Å². The highest BCUT2D eigenvalue weighted by molar-refractivity contribution is 5.33. The zero-order chi connectivity index (χ0) is 19.8. The van der Waals surface area contributed by atoms with E-state index in [-0.39, 0.29) is 18.4 Å². The number of nitrogens with one attached hydrogen (secondary N) is 2. The van der Waals surface area contributed by atoms with Gasteiger partial charge >= 0.3 is 0 Å². The summed E-state index contributed by atoms with van der Waals surface area (Å²) in [5, 5.41) is 6.49. The van der Waals surface area contributed by atoms with Gasteiger partial charge in [-0.2, -0.15) is 0 Å². The van der Waals surface area contributed by atoms with Crippen molar-refractivity contribution in [2.45, 2.75) is 52.7 Å². The average molecular weight is 352 g/mol. The van der Waals surface area contributed by atoms with Crippen LogP contribution in [-0.2, 0) is 17.9 Å². The molecule has 4 nitrogen and oxygen atoms in total. The van der Waals surface area contributed by atoms with Gasteiger partial charge in [0.25, 0.3) is 0 Å². The number of carbonyl (C=O) groups excluding carboxylic acids is 1. The topological polar surface area (TPSA) is 67.2 Å². The molecule has 1 unspecified atom stereocenters. The van der Waals surface area contributed by atoms with Crippen LogP contribution in [0.1, 0.15) is 43.4 Å². The van der Waals surface area contributed by atoms with E-state index < -0.39 is 0 Å². The van der Waals surface area contributed by atoms with Crippen molar-refractivity contribution in [3.63, 3.8) is 0 Å². The molecule has 1 rings (SSSR count). The average Bonchev–Trinajstić information content (AvgIpc) is 2.67. The summed E-state index contributed by atoms with van der Waals surface area (Å²) in [4.78, 5) is 8.00. The lowest BCUT2D eigenvalue weighted by molar-refractivity contribution is -0.0979. The Hall–Kier alpha value is -1.98. The molecule has 0 aliphatic heterocycles. The normalized spacial score (nSPS) is 10.5. The molecule has 5 heteroatoms. The van der Waals surface area contributed by atoms with Crippen molar-refractivity contribution in [1.29, 1.82) is 0 Å². The number of hydrogen-bond donors (Lipinski definition) is 3. The fourth-order valence-electron chi connectivity index (χ4n) is 2.22. The van der Waals surface area contributed by atoms with Gasteiger partial charge in [0.2, 0.25) is 0 Å². The van der Waals surface area contributed by atoms with E-state index in [1.165, 1.54) is 0 Å². The molecule has 4 N–H and O–H groups in total. The van der Waals surface area contributed by atoms with E-state index in [4.69, 9.17) is 10.5 Å². The summed E-state index contributed by atoms with van der Waals surface area (Å²) >= 11 is 0. The molecule has 0 aliphatic carbocycles. The van der Waals surface area contributed by atoms with Crippen molar-refractivity contribution >= 4 is 6.79 Å². The van der Waals surface area contributed by atoms with Crippen LogP contribution < -0.4 is 16.4 Å². The van der Waals surface area contributed by atoms with Crippen LogP contribution >= 0.6 is 0 Å². The number of halogens is 1. The standard InChI is InChI=1S/C17H26FN3.C2H6.CH2O/c1-5-6-7-16(13(3)20-4)21-11-15-9-8-14(10-19)17(18)12(15)2;2*1-2/h5,8-9,16,20-21H,1,3,6-7,10-11,19H2,2,4H3;1-2H3;1H2. The summed E-state index contributed by atoms with van der Waals surface area (Å²) in [5.41, 5.74) is 8.60. The van der Waals surface area contributed by atoms with Crippen LogP contribution in [-0.4, -0.2) is 19.9 Å². The quantitative estimate of drug-likeness (QED) is 0.595. The van der Waals surface area contributed by atoms with Gasteiger partial charge in [-0.25, -0.2) is 4.39 Å². The van der Waals surface area contributed by atoms with Crippen LogP contribution in [0.5, 0.6) is 0 Å². The monoisotopic (exact) mass is 351 g/mol. The third-order valence-electron chi connectivity index (χ3n) is 3.74. The zero-order valence-corrected chi connectivity index (χ0v) is 16.1. The first-order valence-corrected chi connectivity index (χ1v) is 8.51. The van der Waals surface area contributed by atoms with E-state index in [0.717, 1.165) is 24.1 Å². The molecule has 0 radical (unpaired) electrons. The molecular weight excluding hydrogens is 317 g/mol. The molecule has 0 heterocycles. The number of nitrogens with two attached hydrogens (primary N) is 1. The van der Waals surface area contributed by atoms with Gasteiger partial charge in [0.1, 0.15) is 12.6 Å². The van der Waals surface area contributed by atoms with Crippen molar-refractivity contribution in [3.05, 3.63) is 59.6 Å². The van der Waals surface area contributed by atoms with E-state index >= 15 is 0 Å². The Morgan fingerprint density at radius 3 is 2.36 bits per heavy atom. The molecule has 1 aromatic rings. The van der Waals surface area contributed by atoms with E-state index in [9.17, 15) is 4.39 Å². The minimum Gasteiger partial charge on any atom is -0.391 e. The van der Waals surface area contributed by atoms with Crippen LogP contribution in [0.25, 0.3) is 0 Å². The summed E-state index contributed by atoms with van der Waals surface area (Å²) in [6.07, 6.45) is 3.70. The van der Waals surface area contributed by atoms with Gasteiger partial charge in [-0.05, 0) is 30.9 Å². The maximum atomic E-state index is 14.1. The van der Waals surface area contributed by atoms with Gasteiger partial charge in [-0.3, -0.25) is 0 Å². The van der Waals surface area contributed by atoms with Gasteiger partial charge < -0.3 is 21.2 Å². The first-order chi connectivity index (χ1) is 12.0. The summed E-state index contributed by atoms with van der Waals surface area (Å²) in [7, 11) is 1.85. The molecule has 1 aromatic carbocycles. The van der Waals surface area contributed by atoms with E-state index in [1.807, 2.05) is 39.8 Å². The second kappa shape index (κ2) is 15.5. The Kier molecular flexibility index (Phi) is 15.7. The second-order valence-electron chi connectivity index (χ2n) is 5.10. The number of rotatable bonds is 9. The molecule has 0 aromatic heterocycles. The predicted octanol–water partition coefficient (Wildman–Crippen LogP) is 3.59. The minimum absolute atomic E-state index is 0.129. The molecular formula is C20H34FN3O. The van der Waals surface area contributed by atoms with Crippen LogP contribution in [0.15, 0.2) is 37.1 Å². The number of likely N-dealkylation sites (N-methyl/N-ethyl adjacent to an activating group) is 1. The van der Waals surface area contributed by atoms with Gasteiger partial charge in [0.15, 0.2) is 0 Å². The lowest BCUT2D eigenvalue weighted by Crippen LogP contribution is -2.34. The van der Waals surface area contributed by atoms with Crippen LogP contribution in [0.3, 0.4) is 0 Å². The molecule has 0 spiro atoms. The second-order valence-corrected chi connectivity index (χ2v) is 5.10. The van der Waals surface area contributed by atoms with Crippen molar-refractivity contribution in [2.24, 2.45) is 5.73 Å². The minimum atomic E-state index is -0.202. The predicted molar refractivity (Wildman–Crippen MR) is 106 cm³/mol. The van der Waals surface area contributed by atoms with Crippen LogP contribution in [0.4, 0.5) is 4.39 Å². The smallest absolute Gasteiger partial charge is 0.130 e. The van der Waals surface area contributed by atoms with Crippen LogP contribution in [0.2, 0.25) is 0 Å². The van der Waals surface area contributed by atoms with Crippen molar-refractivity contribution in [1.82, 2.24) is 10.6 Å². The lowest BCUT2D eigenvalue weighted by Gasteiger charge is -2.21. The third kappa shape index (κ3) is 8.61. The number of carbonyl (C=O) groups is 1. The van der Waals surface area contributed by atoms with E-state index in [2.05, 4.69) is 23.8 Å². The molecule has 142 valence electrons. The summed E-state index contributed by atoms with van der Waals surface area (Å²) in [6, 6.07) is 3.82. The lowest BCUT2D eigenvalue weighted by atomic mass is 10.0. The van der Waals surface area contributed by atoms with Crippen molar-refractivity contribution in [3.8, 4) is 0 Å². The fourth-order valence-corrected chi connectivity index (χ4v) is 2.22. The Morgan fingerprint density at radius 1 is 1.32 bits per heavy atom.